The Bertz CT molecular complexity index is 414. The largest absolute Gasteiger partial charge is 0.393 e. The number of carbonyl (C=O) groups excluding carboxylic acids is 1. The van der Waals surface area contributed by atoms with E-state index < -0.39 is 0 Å². The molecule has 0 saturated heterocycles. The smallest absolute Gasteiger partial charge is 0.251 e. The number of rotatable bonds is 5. The first-order valence-electron chi connectivity index (χ1n) is 5.33. The predicted octanol–water partition coefficient (Wildman–Crippen LogP) is 2.44. The molecule has 0 radical (unpaired) electrons. The molecule has 3 nitrogen and oxygen atoms in total. The lowest BCUT2D eigenvalue weighted by molar-refractivity contribution is 0.0953. The minimum Gasteiger partial charge on any atom is -0.393 e. The zero-order valence-electron chi connectivity index (χ0n) is 9.63. The van der Waals surface area contributed by atoms with Gasteiger partial charge in [-0.05, 0) is 43.5 Å². The van der Waals surface area contributed by atoms with E-state index in [1.807, 2.05) is 13.0 Å². The molecule has 0 atom stereocenters. The minimum atomic E-state index is -0.126. The molecule has 1 aromatic rings. The van der Waals surface area contributed by atoms with Gasteiger partial charge >= 0.3 is 0 Å². The highest BCUT2D eigenvalue weighted by Gasteiger charge is 2.06. The minimum absolute atomic E-state index is 0.126. The Hall–Kier alpha value is -1.13. The molecule has 1 rings (SSSR count). The summed E-state index contributed by atoms with van der Waals surface area (Å²) in [5, 5.41) is 3.36. The Morgan fingerprint density at radius 2 is 2.18 bits per heavy atom. The maximum atomic E-state index is 11.8. The summed E-state index contributed by atoms with van der Waals surface area (Å²) in [6.45, 7) is 2.46. The third kappa shape index (κ3) is 5.15. The number of benzene rings is 1. The van der Waals surface area contributed by atoms with E-state index in [2.05, 4.69) is 5.32 Å². The number of hydrogen-bond acceptors (Lipinski definition) is 2. The van der Waals surface area contributed by atoms with Crippen LogP contribution in [0, 0.1) is 6.92 Å². The van der Waals surface area contributed by atoms with Gasteiger partial charge in [-0.2, -0.15) is 0 Å². The van der Waals surface area contributed by atoms with Crippen LogP contribution in [0.15, 0.2) is 18.2 Å². The van der Waals surface area contributed by atoms with Gasteiger partial charge in [0.25, 0.3) is 5.91 Å². The summed E-state index contributed by atoms with van der Waals surface area (Å²) >= 11 is 10.6. The SMILES string of the molecule is Cc1cc(Cl)cc(C(=O)NCCCC(N)=S)c1. The van der Waals surface area contributed by atoms with E-state index in [9.17, 15) is 4.79 Å². The second kappa shape index (κ2) is 6.57. The predicted molar refractivity (Wildman–Crippen MR) is 74.5 cm³/mol. The van der Waals surface area contributed by atoms with Crippen LogP contribution in [0.2, 0.25) is 5.02 Å². The molecule has 92 valence electrons. The van der Waals surface area contributed by atoms with Gasteiger partial charge < -0.3 is 11.1 Å². The van der Waals surface area contributed by atoms with Crippen LogP contribution in [0.4, 0.5) is 0 Å². The van der Waals surface area contributed by atoms with Crippen LogP contribution in [-0.2, 0) is 0 Å². The second-order valence-electron chi connectivity index (χ2n) is 3.84. The molecule has 0 bridgehead atoms. The van der Waals surface area contributed by atoms with Crippen LogP contribution in [0.25, 0.3) is 0 Å². The van der Waals surface area contributed by atoms with Crippen molar-refractivity contribution in [2.45, 2.75) is 19.8 Å². The zero-order valence-corrected chi connectivity index (χ0v) is 11.2. The molecule has 5 heteroatoms. The summed E-state index contributed by atoms with van der Waals surface area (Å²) in [5.41, 5.74) is 6.90. The lowest BCUT2D eigenvalue weighted by atomic mass is 10.1. The van der Waals surface area contributed by atoms with Crippen molar-refractivity contribution in [3.05, 3.63) is 34.3 Å². The van der Waals surface area contributed by atoms with E-state index in [0.717, 1.165) is 12.0 Å². The molecule has 17 heavy (non-hydrogen) atoms. The van der Waals surface area contributed by atoms with Crippen molar-refractivity contribution in [2.75, 3.05) is 6.54 Å². The van der Waals surface area contributed by atoms with Crippen LogP contribution in [0.5, 0.6) is 0 Å². The lowest BCUT2D eigenvalue weighted by Gasteiger charge is -2.06. The second-order valence-corrected chi connectivity index (χ2v) is 4.80. The summed E-state index contributed by atoms with van der Waals surface area (Å²) in [7, 11) is 0. The number of thiocarbonyl (C=S) groups is 1. The Labute approximate surface area is 111 Å². The van der Waals surface area contributed by atoms with Crippen molar-refractivity contribution in [3.63, 3.8) is 0 Å². The van der Waals surface area contributed by atoms with Crippen LogP contribution >= 0.6 is 23.8 Å². The van der Waals surface area contributed by atoms with Gasteiger partial charge in [-0.15, -0.1) is 0 Å². The molecular weight excluding hydrogens is 256 g/mol. The van der Waals surface area contributed by atoms with E-state index in [0.29, 0.717) is 28.5 Å². The highest BCUT2D eigenvalue weighted by molar-refractivity contribution is 7.80. The molecule has 0 spiro atoms. The van der Waals surface area contributed by atoms with Crippen LogP contribution in [-0.4, -0.2) is 17.4 Å². The van der Waals surface area contributed by atoms with E-state index >= 15 is 0 Å². The van der Waals surface area contributed by atoms with E-state index in [1.165, 1.54) is 0 Å². The maximum Gasteiger partial charge on any atom is 0.251 e. The summed E-state index contributed by atoms with van der Waals surface area (Å²) in [6.07, 6.45) is 1.39. The summed E-state index contributed by atoms with van der Waals surface area (Å²) in [5.74, 6) is -0.126. The van der Waals surface area contributed by atoms with Gasteiger partial charge in [0, 0.05) is 17.1 Å². The van der Waals surface area contributed by atoms with Crippen LogP contribution in [0.3, 0.4) is 0 Å². The Kier molecular flexibility index (Phi) is 5.38. The van der Waals surface area contributed by atoms with Crippen molar-refractivity contribution >= 4 is 34.7 Å². The summed E-state index contributed by atoms with van der Waals surface area (Å²) in [4.78, 5) is 12.2. The molecule has 1 amide bonds. The fourth-order valence-electron chi connectivity index (χ4n) is 1.43. The van der Waals surface area contributed by atoms with Gasteiger partial charge in [0.05, 0.1) is 4.99 Å². The third-order valence-corrected chi connectivity index (χ3v) is 2.61. The molecule has 0 unspecified atom stereocenters. The Morgan fingerprint density at radius 3 is 2.76 bits per heavy atom. The average Bonchev–Trinajstić information content (AvgIpc) is 2.22. The van der Waals surface area contributed by atoms with Gasteiger partial charge in [0.1, 0.15) is 0 Å². The molecule has 0 fully saturated rings. The number of hydrogen-bond donors (Lipinski definition) is 2. The quantitative estimate of drug-likeness (QED) is 0.638. The molecule has 0 aliphatic rings. The summed E-state index contributed by atoms with van der Waals surface area (Å²) in [6, 6.07) is 5.26. The molecule has 0 saturated carbocycles. The van der Waals surface area contributed by atoms with Gasteiger partial charge in [0.2, 0.25) is 0 Å². The van der Waals surface area contributed by atoms with Gasteiger partial charge in [-0.25, -0.2) is 0 Å². The molecule has 0 aliphatic heterocycles. The maximum absolute atomic E-state index is 11.8. The number of aryl methyl sites for hydroxylation is 1. The normalized spacial score (nSPS) is 10.0. The molecule has 1 aromatic carbocycles. The topological polar surface area (TPSA) is 55.1 Å². The fourth-order valence-corrected chi connectivity index (χ4v) is 1.87. The highest BCUT2D eigenvalue weighted by Crippen LogP contribution is 2.14. The number of amides is 1. The van der Waals surface area contributed by atoms with E-state index in [4.69, 9.17) is 29.6 Å². The first kappa shape index (κ1) is 13.9. The molecular formula is C12H15ClN2OS. The number of nitrogens with one attached hydrogen (secondary N) is 1. The van der Waals surface area contributed by atoms with Gasteiger partial charge in [-0.3, -0.25) is 4.79 Å². The monoisotopic (exact) mass is 270 g/mol. The number of carbonyl (C=O) groups is 1. The molecule has 0 aliphatic carbocycles. The average molecular weight is 271 g/mol. The van der Waals surface area contributed by atoms with E-state index in [-0.39, 0.29) is 5.91 Å². The first-order chi connectivity index (χ1) is 7.99. The molecule has 0 aromatic heterocycles. The zero-order chi connectivity index (χ0) is 12.8. The third-order valence-electron chi connectivity index (χ3n) is 2.19. The molecule has 0 heterocycles. The van der Waals surface area contributed by atoms with Crippen molar-refractivity contribution < 1.29 is 4.79 Å². The first-order valence-corrected chi connectivity index (χ1v) is 6.11. The summed E-state index contributed by atoms with van der Waals surface area (Å²) < 4.78 is 0. The van der Waals surface area contributed by atoms with Crippen molar-refractivity contribution in [3.8, 4) is 0 Å². The highest BCUT2D eigenvalue weighted by atomic mass is 35.5. The molecule has 3 N–H and O–H groups in total. The van der Waals surface area contributed by atoms with Crippen LogP contribution in [0.1, 0.15) is 28.8 Å². The van der Waals surface area contributed by atoms with Gasteiger partial charge in [-0.1, -0.05) is 23.8 Å². The fraction of sp³-hybridized carbons (Fsp3) is 0.333. The Balaban J connectivity index is 2.49. The Morgan fingerprint density at radius 1 is 1.47 bits per heavy atom. The van der Waals surface area contributed by atoms with Gasteiger partial charge in [0.15, 0.2) is 0 Å². The van der Waals surface area contributed by atoms with Crippen LogP contribution < -0.4 is 11.1 Å². The standard InChI is InChI=1S/C12H15ClN2OS/c1-8-5-9(7-10(13)6-8)12(16)15-4-2-3-11(14)17/h5-7H,2-4H2,1H3,(H2,14,17)(H,15,16). The van der Waals surface area contributed by atoms with Crippen molar-refractivity contribution in [1.29, 1.82) is 0 Å². The number of halogens is 1. The van der Waals surface area contributed by atoms with Crippen molar-refractivity contribution in [1.82, 2.24) is 5.32 Å². The lowest BCUT2D eigenvalue weighted by Crippen LogP contribution is -2.25. The van der Waals surface area contributed by atoms with Crippen molar-refractivity contribution in [2.24, 2.45) is 5.73 Å². The number of nitrogens with two attached hydrogens (primary N) is 1. The van der Waals surface area contributed by atoms with E-state index in [1.54, 1.807) is 12.1 Å².